The van der Waals surface area contributed by atoms with Crippen molar-refractivity contribution in [1.82, 2.24) is 5.32 Å². The maximum atomic E-state index is 11.8. The molecule has 12 atom stereocenters. The summed E-state index contributed by atoms with van der Waals surface area (Å²) in [6.45, 7) is 8.83. The van der Waals surface area contributed by atoms with Gasteiger partial charge in [-0.2, -0.15) is 0 Å². The van der Waals surface area contributed by atoms with Crippen molar-refractivity contribution < 1.29 is 14.3 Å². The Morgan fingerprint density at radius 1 is 1.06 bits per heavy atom. The van der Waals surface area contributed by atoms with Gasteiger partial charge in [-0.25, -0.2) is 0 Å². The average Bonchev–Trinajstić information content (AvgIpc) is 3.30. The van der Waals surface area contributed by atoms with E-state index in [1.54, 1.807) is 0 Å². The van der Waals surface area contributed by atoms with Crippen LogP contribution in [0.2, 0.25) is 0 Å². The van der Waals surface area contributed by atoms with Crippen LogP contribution in [0.5, 0.6) is 0 Å². The average molecular weight is 473 g/mol. The van der Waals surface area contributed by atoms with E-state index >= 15 is 0 Å². The highest BCUT2D eigenvalue weighted by atomic mass is 16.5. The zero-order chi connectivity index (χ0) is 23.7. The molecule has 6 fully saturated rings. The zero-order valence-corrected chi connectivity index (χ0v) is 21.8. The number of fused-ring (bicyclic) bond motifs is 6. The third-order valence-electron chi connectivity index (χ3n) is 12.3. The van der Waals surface area contributed by atoms with Crippen molar-refractivity contribution in [2.24, 2.45) is 52.6 Å². The van der Waals surface area contributed by atoms with Crippen LogP contribution in [0.25, 0.3) is 0 Å². The van der Waals surface area contributed by atoms with E-state index in [1.807, 2.05) is 0 Å². The lowest BCUT2D eigenvalue weighted by molar-refractivity contribution is -0.155. The number of ether oxygens (including phenoxy) is 2. The van der Waals surface area contributed by atoms with Gasteiger partial charge in [0.2, 0.25) is 0 Å². The summed E-state index contributed by atoms with van der Waals surface area (Å²) in [7, 11) is 0. The molecule has 34 heavy (non-hydrogen) atoms. The van der Waals surface area contributed by atoms with E-state index in [0.29, 0.717) is 29.4 Å². The van der Waals surface area contributed by atoms with E-state index < -0.39 is 0 Å². The van der Waals surface area contributed by atoms with Crippen molar-refractivity contribution in [1.29, 1.82) is 0 Å². The summed E-state index contributed by atoms with van der Waals surface area (Å²) in [5, 5.41) is 3.83. The smallest absolute Gasteiger partial charge is 0.319 e. The molecule has 2 aliphatic heterocycles. The molecule has 2 unspecified atom stereocenters. The lowest BCUT2D eigenvalue weighted by Gasteiger charge is -2.54. The van der Waals surface area contributed by atoms with E-state index in [4.69, 9.17) is 15.2 Å². The minimum Gasteiger partial charge on any atom is -0.461 e. The fourth-order valence-electron chi connectivity index (χ4n) is 10.5. The summed E-state index contributed by atoms with van der Waals surface area (Å²) in [5.41, 5.74) is 6.04. The molecule has 0 aromatic carbocycles. The maximum absolute atomic E-state index is 11.8. The van der Waals surface area contributed by atoms with Crippen molar-refractivity contribution >= 4 is 5.97 Å². The lowest BCUT2D eigenvalue weighted by Crippen LogP contribution is -2.48. The number of nitrogens with two attached hydrogens (primary N) is 1. The molecule has 0 aromatic heterocycles. The highest BCUT2D eigenvalue weighted by molar-refractivity contribution is 5.71. The standard InChI is InChI=1S/C29H48N2O3/c1-17-15-29(18(2)27-25(34-29)5-4-12-31-27)11-9-21-22-7-6-19-13-20(33-26(32)16-30)8-10-28(19,3)24(22)14-23(17)21/h17-25,27,31H,4-16,30H2,1-3H3/t17?,18-,19-,20+,21+,22+,23?,24+,25-,27+,28+,29+/m1/s1. The van der Waals surface area contributed by atoms with E-state index in [0.717, 1.165) is 42.4 Å². The van der Waals surface area contributed by atoms with Gasteiger partial charge in [-0.1, -0.05) is 20.8 Å². The molecule has 4 saturated carbocycles. The Labute approximate surface area is 206 Å². The Hall–Kier alpha value is -0.650. The van der Waals surface area contributed by atoms with Gasteiger partial charge in [0, 0.05) is 12.0 Å². The summed E-state index contributed by atoms with van der Waals surface area (Å²) < 4.78 is 12.7. The first-order valence-corrected chi connectivity index (χ1v) is 14.7. The molecule has 6 rings (SSSR count). The molecule has 6 aliphatic rings. The van der Waals surface area contributed by atoms with Crippen LogP contribution >= 0.6 is 0 Å². The molecule has 0 aromatic rings. The molecular formula is C29H48N2O3. The number of piperidine rings is 1. The van der Waals surface area contributed by atoms with Gasteiger partial charge < -0.3 is 20.5 Å². The van der Waals surface area contributed by atoms with Crippen LogP contribution in [-0.2, 0) is 14.3 Å². The van der Waals surface area contributed by atoms with Crippen molar-refractivity contribution in [3.05, 3.63) is 0 Å². The van der Waals surface area contributed by atoms with E-state index in [-0.39, 0.29) is 24.2 Å². The first-order chi connectivity index (χ1) is 16.3. The molecular weight excluding hydrogens is 424 g/mol. The SMILES string of the molecule is CC1C[C@]2(CC[C@@H]3C1C[C@H]1[C@H]3CC[C@@H]3C[C@@H](OC(=O)CN)CC[C@@]31C)O[C@@H]1CCCN[C@H]1[C@H]2C. The van der Waals surface area contributed by atoms with E-state index in [2.05, 4.69) is 26.1 Å². The van der Waals surface area contributed by atoms with E-state index in [9.17, 15) is 4.79 Å². The number of esters is 1. The normalized spacial score (nSPS) is 54.5. The number of rotatable bonds is 2. The highest BCUT2D eigenvalue weighted by Gasteiger charge is 2.61. The van der Waals surface area contributed by atoms with Gasteiger partial charge in [0.1, 0.15) is 6.10 Å². The second-order valence-electron chi connectivity index (χ2n) is 13.6. The third kappa shape index (κ3) is 3.62. The topological polar surface area (TPSA) is 73.6 Å². The van der Waals surface area contributed by atoms with Crippen LogP contribution in [-0.4, -0.2) is 42.9 Å². The number of carbonyl (C=O) groups excluding carboxylic acids is 1. The van der Waals surface area contributed by atoms with Crippen molar-refractivity contribution in [3.8, 4) is 0 Å². The molecule has 2 heterocycles. The third-order valence-corrected chi connectivity index (χ3v) is 12.3. The van der Waals surface area contributed by atoms with E-state index in [1.165, 1.54) is 64.3 Å². The molecule has 4 aliphatic carbocycles. The molecule has 1 spiro atoms. The maximum Gasteiger partial charge on any atom is 0.319 e. The van der Waals surface area contributed by atoms with Crippen molar-refractivity contribution in [2.75, 3.05) is 13.1 Å². The Balaban J connectivity index is 1.17. The molecule has 5 nitrogen and oxygen atoms in total. The molecule has 5 heteroatoms. The second kappa shape index (κ2) is 8.73. The second-order valence-corrected chi connectivity index (χ2v) is 13.6. The molecule has 2 saturated heterocycles. The molecule has 0 radical (unpaired) electrons. The quantitative estimate of drug-likeness (QED) is 0.571. The van der Waals surface area contributed by atoms with Crippen LogP contribution in [0.15, 0.2) is 0 Å². The first kappa shape index (κ1) is 23.7. The Morgan fingerprint density at radius 2 is 1.91 bits per heavy atom. The Kier molecular flexibility index (Phi) is 6.09. The fraction of sp³-hybridized carbons (Fsp3) is 0.966. The molecule has 192 valence electrons. The molecule has 0 bridgehead atoms. The predicted molar refractivity (Wildman–Crippen MR) is 133 cm³/mol. The van der Waals surface area contributed by atoms with Crippen LogP contribution in [0.1, 0.15) is 91.4 Å². The minimum atomic E-state index is -0.230. The Morgan fingerprint density at radius 3 is 2.71 bits per heavy atom. The van der Waals surface area contributed by atoms with Gasteiger partial charge in [0.05, 0.1) is 18.2 Å². The van der Waals surface area contributed by atoms with Gasteiger partial charge in [-0.3, -0.25) is 4.79 Å². The van der Waals surface area contributed by atoms with Crippen molar-refractivity contribution in [3.63, 3.8) is 0 Å². The lowest BCUT2D eigenvalue weighted by atomic mass is 9.52. The van der Waals surface area contributed by atoms with Crippen LogP contribution < -0.4 is 11.1 Å². The van der Waals surface area contributed by atoms with Crippen LogP contribution in [0.3, 0.4) is 0 Å². The highest BCUT2D eigenvalue weighted by Crippen LogP contribution is 2.66. The van der Waals surface area contributed by atoms with Gasteiger partial charge in [0.25, 0.3) is 0 Å². The Bertz CT molecular complexity index is 789. The largest absolute Gasteiger partial charge is 0.461 e. The monoisotopic (exact) mass is 472 g/mol. The van der Waals surface area contributed by atoms with Crippen LogP contribution in [0, 0.1) is 46.8 Å². The summed E-state index contributed by atoms with van der Waals surface area (Å²) >= 11 is 0. The number of nitrogens with one attached hydrogen (secondary N) is 1. The minimum absolute atomic E-state index is 0.00571. The first-order valence-electron chi connectivity index (χ1n) is 14.7. The van der Waals surface area contributed by atoms with Gasteiger partial charge in [-0.15, -0.1) is 0 Å². The van der Waals surface area contributed by atoms with Gasteiger partial charge in [0.15, 0.2) is 0 Å². The molecule has 0 amide bonds. The number of hydrogen-bond donors (Lipinski definition) is 2. The van der Waals surface area contributed by atoms with Crippen molar-refractivity contribution in [2.45, 2.75) is 115 Å². The van der Waals surface area contributed by atoms with Gasteiger partial charge >= 0.3 is 5.97 Å². The fourth-order valence-corrected chi connectivity index (χ4v) is 10.5. The van der Waals surface area contributed by atoms with Crippen LogP contribution in [0.4, 0.5) is 0 Å². The zero-order valence-electron chi connectivity index (χ0n) is 21.8. The molecule has 3 N–H and O–H groups in total. The number of carbonyl (C=O) groups is 1. The summed E-state index contributed by atoms with van der Waals surface area (Å²) in [6.07, 6.45) is 14.4. The number of hydrogen-bond acceptors (Lipinski definition) is 5. The summed E-state index contributed by atoms with van der Waals surface area (Å²) in [4.78, 5) is 11.8. The summed E-state index contributed by atoms with van der Waals surface area (Å²) in [5.74, 6) is 5.36. The predicted octanol–water partition coefficient (Wildman–Crippen LogP) is 4.67. The van der Waals surface area contributed by atoms with Gasteiger partial charge in [-0.05, 0) is 118 Å². The summed E-state index contributed by atoms with van der Waals surface area (Å²) in [6, 6.07) is 0.574.